The van der Waals surface area contributed by atoms with Crippen molar-refractivity contribution in [1.29, 1.82) is 0 Å². The standard InChI is InChI=1S/C14H16F3N3O2/c1-2-19-5-7-20(8-6-19)13(21)11-9-10(18-22)3-4-12(11)14(15,16)17/h3-4,9H,2,5-8H2,1H3. The van der Waals surface area contributed by atoms with Crippen LogP contribution in [0.2, 0.25) is 0 Å². The van der Waals surface area contributed by atoms with E-state index in [0.29, 0.717) is 26.2 Å². The van der Waals surface area contributed by atoms with E-state index in [-0.39, 0.29) is 5.69 Å². The third kappa shape index (κ3) is 3.44. The Hall–Kier alpha value is -1.96. The van der Waals surface area contributed by atoms with Gasteiger partial charge in [-0.2, -0.15) is 13.2 Å². The van der Waals surface area contributed by atoms with Crippen molar-refractivity contribution in [3.05, 3.63) is 34.2 Å². The molecule has 1 aliphatic rings. The lowest BCUT2D eigenvalue weighted by molar-refractivity contribution is -0.138. The lowest BCUT2D eigenvalue weighted by Gasteiger charge is -2.34. The van der Waals surface area contributed by atoms with E-state index in [1.165, 1.54) is 4.90 Å². The van der Waals surface area contributed by atoms with E-state index in [2.05, 4.69) is 10.1 Å². The average Bonchev–Trinajstić information content (AvgIpc) is 2.52. The van der Waals surface area contributed by atoms with Crippen LogP contribution in [-0.4, -0.2) is 48.4 Å². The highest BCUT2D eigenvalue weighted by molar-refractivity contribution is 5.96. The van der Waals surface area contributed by atoms with Crippen molar-refractivity contribution in [1.82, 2.24) is 9.80 Å². The Balaban J connectivity index is 2.30. The summed E-state index contributed by atoms with van der Waals surface area (Å²) < 4.78 is 39.1. The van der Waals surface area contributed by atoms with Gasteiger partial charge in [-0.25, -0.2) is 0 Å². The molecule has 1 aliphatic heterocycles. The van der Waals surface area contributed by atoms with Crippen molar-refractivity contribution < 1.29 is 18.0 Å². The Labute approximate surface area is 125 Å². The van der Waals surface area contributed by atoms with Crippen molar-refractivity contribution in [3.63, 3.8) is 0 Å². The van der Waals surface area contributed by atoms with E-state index in [4.69, 9.17) is 0 Å². The summed E-state index contributed by atoms with van der Waals surface area (Å²) in [6.07, 6.45) is -4.66. The zero-order chi connectivity index (χ0) is 16.3. The van der Waals surface area contributed by atoms with Crippen molar-refractivity contribution in [2.45, 2.75) is 13.1 Å². The molecule has 2 rings (SSSR count). The van der Waals surface area contributed by atoms with Gasteiger partial charge in [-0.1, -0.05) is 6.92 Å². The van der Waals surface area contributed by atoms with Crippen LogP contribution in [0.15, 0.2) is 23.4 Å². The Morgan fingerprint density at radius 2 is 1.86 bits per heavy atom. The molecule has 22 heavy (non-hydrogen) atoms. The molecule has 0 spiro atoms. The topological polar surface area (TPSA) is 53.0 Å². The molecule has 0 radical (unpaired) electrons. The Morgan fingerprint density at radius 1 is 1.23 bits per heavy atom. The van der Waals surface area contributed by atoms with E-state index < -0.39 is 23.2 Å². The second-order valence-corrected chi connectivity index (χ2v) is 5.05. The highest BCUT2D eigenvalue weighted by Crippen LogP contribution is 2.34. The molecule has 8 heteroatoms. The maximum atomic E-state index is 13.0. The molecule has 0 bridgehead atoms. The molecule has 1 heterocycles. The van der Waals surface area contributed by atoms with Crippen LogP contribution in [0.5, 0.6) is 0 Å². The van der Waals surface area contributed by atoms with E-state index in [9.17, 15) is 22.9 Å². The van der Waals surface area contributed by atoms with Crippen LogP contribution < -0.4 is 0 Å². The molecule has 0 aromatic heterocycles. The van der Waals surface area contributed by atoms with E-state index >= 15 is 0 Å². The fourth-order valence-corrected chi connectivity index (χ4v) is 2.45. The molecule has 1 aromatic carbocycles. The normalized spacial score (nSPS) is 16.6. The molecule has 0 saturated carbocycles. The smallest absolute Gasteiger partial charge is 0.336 e. The quantitative estimate of drug-likeness (QED) is 0.806. The number of nitroso groups, excluding NO2 is 1. The molecule has 5 nitrogen and oxygen atoms in total. The van der Waals surface area contributed by atoms with E-state index in [1.807, 2.05) is 6.92 Å². The first kappa shape index (κ1) is 16.4. The number of nitrogens with zero attached hydrogens (tertiary/aromatic N) is 3. The van der Waals surface area contributed by atoms with Gasteiger partial charge in [0.05, 0.1) is 11.1 Å². The molecule has 0 atom stereocenters. The minimum absolute atomic E-state index is 0.191. The first-order valence-corrected chi connectivity index (χ1v) is 6.93. The summed E-state index contributed by atoms with van der Waals surface area (Å²) in [4.78, 5) is 26.4. The monoisotopic (exact) mass is 315 g/mol. The minimum atomic E-state index is -4.66. The first-order valence-electron chi connectivity index (χ1n) is 6.93. The van der Waals surface area contributed by atoms with Crippen LogP contribution in [-0.2, 0) is 6.18 Å². The van der Waals surface area contributed by atoms with Gasteiger partial charge in [0.15, 0.2) is 0 Å². The van der Waals surface area contributed by atoms with Crippen molar-refractivity contribution in [3.8, 4) is 0 Å². The maximum absolute atomic E-state index is 13.0. The average molecular weight is 315 g/mol. The number of piperazine rings is 1. The summed E-state index contributed by atoms with van der Waals surface area (Å²) in [7, 11) is 0. The predicted molar refractivity (Wildman–Crippen MR) is 74.9 cm³/mol. The van der Waals surface area contributed by atoms with Gasteiger partial charge in [0.25, 0.3) is 5.91 Å². The number of carbonyl (C=O) groups excluding carboxylic acids is 1. The van der Waals surface area contributed by atoms with Gasteiger partial charge in [-0.05, 0) is 29.9 Å². The molecular formula is C14H16F3N3O2. The largest absolute Gasteiger partial charge is 0.417 e. The molecule has 1 saturated heterocycles. The SMILES string of the molecule is CCN1CCN(C(=O)c2cc(N=O)ccc2C(F)(F)F)CC1. The predicted octanol–water partition coefficient (Wildman–Crippen LogP) is 2.88. The molecule has 0 unspecified atom stereocenters. The molecule has 1 fully saturated rings. The lowest BCUT2D eigenvalue weighted by atomic mass is 10.0. The summed E-state index contributed by atoms with van der Waals surface area (Å²) in [5.74, 6) is -0.714. The first-order chi connectivity index (χ1) is 10.4. The summed E-state index contributed by atoms with van der Waals surface area (Å²) in [6, 6.07) is 2.60. The minimum Gasteiger partial charge on any atom is -0.336 e. The number of benzene rings is 1. The number of alkyl halides is 3. The van der Waals surface area contributed by atoms with Crippen LogP contribution >= 0.6 is 0 Å². The van der Waals surface area contributed by atoms with Crippen LogP contribution in [0.25, 0.3) is 0 Å². The van der Waals surface area contributed by atoms with Gasteiger partial charge >= 0.3 is 6.18 Å². The number of halogens is 3. The number of carbonyl (C=O) groups is 1. The maximum Gasteiger partial charge on any atom is 0.417 e. The van der Waals surface area contributed by atoms with Crippen LogP contribution in [0, 0.1) is 4.91 Å². The zero-order valence-corrected chi connectivity index (χ0v) is 12.1. The lowest BCUT2D eigenvalue weighted by Crippen LogP contribution is -2.48. The van der Waals surface area contributed by atoms with Gasteiger partial charge < -0.3 is 9.80 Å². The van der Waals surface area contributed by atoms with Crippen LogP contribution in [0.3, 0.4) is 0 Å². The fraction of sp³-hybridized carbons (Fsp3) is 0.500. The van der Waals surface area contributed by atoms with Crippen molar-refractivity contribution >= 4 is 11.6 Å². The Bertz CT molecular complexity index is 567. The van der Waals surface area contributed by atoms with E-state index in [1.54, 1.807) is 0 Å². The highest BCUT2D eigenvalue weighted by Gasteiger charge is 2.36. The van der Waals surface area contributed by atoms with Crippen LogP contribution in [0.4, 0.5) is 18.9 Å². The van der Waals surface area contributed by atoms with Gasteiger partial charge in [0.2, 0.25) is 0 Å². The summed E-state index contributed by atoms with van der Waals surface area (Å²) in [6.45, 7) is 4.79. The third-order valence-electron chi connectivity index (χ3n) is 3.75. The zero-order valence-electron chi connectivity index (χ0n) is 12.1. The molecule has 120 valence electrons. The highest BCUT2D eigenvalue weighted by atomic mass is 19.4. The number of hydrogen-bond donors (Lipinski definition) is 0. The van der Waals surface area contributed by atoms with Gasteiger partial charge in [0.1, 0.15) is 5.69 Å². The van der Waals surface area contributed by atoms with Crippen molar-refractivity contribution in [2.75, 3.05) is 32.7 Å². The molecule has 0 N–H and O–H groups in total. The summed E-state index contributed by atoms with van der Waals surface area (Å²) >= 11 is 0. The van der Waals surface area contributed by atoms with Crippen LogP contribution in [0.1, 0.15) is 22.8 Å². The Morgan fingerprint density at radius 3 is 2.36 bits per heavy atom. The molecule has 1 amide bonds. The van der Waals surface area contributed by atoms with Gasteiger partial charge in [0, 0.05) is 26.2 Å². The van der Waals surface area contributed by atoms with E-state index in [0.717, 1.165) is 24.7 Å². The summed E-state index contributed by atoms with van der Waals surface area (Å²) in [5.41, 5.74) is -1.75. The number of hydrogen-bond acceptors (Lipinski definition) is 4. The fourth-order valence-electron chi connectivity index (χ4n) is 2.45. The summed E-state index contributed by atoms with van der Waals surface area (Å²) in [5, 5.41) is 2.61. The third-order valence-corrected chi connectivity index (χ3v) is 3.75. The molecular weight excluding hydrogens is 299 g/mol. The second kappa shape index (κ2) is 6.43. The number of rotatable bonds is 3. The Kier molecular flexibility index (Phi) is 4.80. The van der Waals surface area contributed by atoms with Gasteiger partial charge in [-0.15, -0.1) is 4.91 Å². The molecule has 1 aromatic rings. The number of likely N-dealkylation sites (N-methyl/N-ethyl adjacent to an activating group) is 1. The van der Waals surface area contributed by atoms with Crippen molar-refractivity contribution in [2.24, 2.45) is 5.18 Å². The second-order valence-electron chi connectivity index (χ2n) is 5.05. The van der Waals surface area contributed by atoms with Gasteiger partial charge in [-0.3, -0.25) is 4.79 Å². The molecule has 0 aliphatic carbocycles. The number of amides is 1.